The van der Waals surface area contributed by atoms with Crippen LogP contribution in [-0.2, 0) is 0 Å². The van der Waals surface area contributed by atoms with E-state index in [0.29, 0.717) is 22.7 Å². The van der Waals surface area contributed by atoms with Crippen LogP contribution in [0.2, 0.25) is 0 Å². The molecule has 0 fully saturated rings. The average molecular weight is 298 g/mol. The summed E-state index contributed by atoms with van der Waals surface area (Å²) in [7, 11) is 0. The predicted molar refractivity (Wildman–Crippen MR) is 82.5 cm³/mol. The summed E-state index contributed by atoms with van der Waals surface area (Å²) in [6.45, 7) is 5.65. The fourth-order valence-corrected chi connectivity index (χ4v) is 2.14. The molecule has 3 aromatic rings. The first-order valence-electron chi connectivity index (χ1n) is 6.80. The molecule has 6 nitrogen and oxygen atoms in total. The summed E-state index contributed by atoms with van der Waals surface area (Å²) in [5.74, 6) is -0.285. The van der Waals surface area contributed by atoms with Gasteiger partial charge < -0.3 is 0 Å². The van der Waals surface area contributed by atoms with E-state index in [1.165, 1.54) is 12.1 Å². The predicted octanol–water partition coefficient (Wildman–Crippen LogP) is 2.72. The number of hydrogen-bond donors (Lipinski definition) is 1. The lowest BCUT2D eigenvalue weighted by molar-refractivity contribution is 0.628. The summed E-state index contributed by atoms with van der Waals surface area (Å²) in [6, 6.07) is 7.84. The van der Waals surface area contributed by atoms with Crippen LogP contribution in [0.1, 0.15) is 24.0 Å². The summed E-state index contributed by atoms with van der Waals surface area (Å²) >= 11 is 0. The normalized spacial score (nSPS) is 11.9. The van der Waals surface area contributed by atoms with E-state index < -0.39 is 0 Å². The van der Waals surface area contributed by atoms with Gasteiger partial charge in [-0.05, 0) is 45.0 Å². The number of halogens is 1. The molecule has 3 rings (SSSR count). The van der Waals surface area contributed by atoms with Crippen LogP contribution in [0, 0.1) is 19.7 Å². The molecule has 0 spiro atoms. The molecular weight excluding hydrogens is 283 g/mol. The van der Waals surface area contributed by atoms with Crippen molar-refractivity contribution in [3.05, 3.63) is 53.2 Å². The molecule has 0 saturated heterocycles. The average Bonchev–Trinajstić information content (AvgIpc) is 2.88. The molecule has 1 N–H and O–H groups in total. The molecule has 0 amide bonds. The summed E-state index contributed by atoms with van der Waals surface area (Å²) in [5.41, 5.74) is 7.35. The van der Waals surface area contributed by atoms with E-state index in [2.05, 4.69) is 25.8 Å². The molecule has 0 aliphatic carbocycles. The Bertz CT molecular complexity index is 850. The Morgan fingerprint density at radius 2 is 1.91 bits per heavy atom. The SMILES string of the molecule is C/C(=N\Nc1ccc(F)cc1)c1nnc2cc(C)nn2c1C. The number of aryl methyl sites for hydroxylation is 2. The fourth-order valence-electron chi connectivity index (χ4n) is 2.14. The number of aromatic nitrogens is 4. The van der Waals surface area contributed by atoms with Gasteiger partial charge in [-0.3, -0.25) is 5.43 Å². The van der Waals surface area contributed by atoms with Crippen molar-refractivity contribution in [2.75, 3.05) is 5.43 Å². The van der Waals surface area contributed by atoms with E-state index in [1.54, 1.807) is 16.6 Å². The second-order valence-corrected chi connectivity index (χ2v) is 5.01. The Morgan fingerprint density at radius 1 is 1.18 bits per heavy atom. The maximum absolute atomic E-state index is 12.9. The largest absolute Gasteiger partial charge is 0.278 e. The number of rotatable bonds is 3. The number of nitrogens with one attached hydrogen (secondary N) is 1. The van der Waals surface area contributed by atoms with Crippen molar-refractivity contribution >= 4 is 17.0 Å². The third-order valence-electron chi connectivity index (χ3n) is 3.27. The van der Waals surface area contributed by atoms with Gasteiger partial charge in [-0.2, -0.15) is 10.2 Å². The number of anilines is 1. The number of nitrogens with zero attached hydrogens (tertiary/aromatic N) is 5. The molecule has 22 heavy (non-hydrogen) atoms. The molecule has 0 unspecified atom stereocenters. The van der Waals surface area contributed by atoms with Crippen molar-refractivity contribution < 1.29 is 4.39 Å². The Labute approximate surface area is 126 Å². The van der Waals surface area contributed by atoms with Crippen LogP contribution < -0.4 is 5.43 Å². The zero-order chi connectivity index (χ0) is 15.7. The van der Waals surface area contributed by atoms with Crippen molar-refractivity contribution in [1.29, 1.82) is 0 Å². The molecular formula is C15H15FN6. The van der Waals surface area contributed by atoms with Gasteiger partial charge in [-0.25, -0.2) is 8.91 Å². The van der Waals surface area contributed by atoms with Gasteiger partial charge >= 0.3 is 0 Å². The van der Waals surface area contributed by atoms with Crippen LogP contribution in [0.5, 0.6) is 0 Å². The van der Waals surface area contributed by atoms with E-state index in [0.717, 1.165) is 11.4 Å². The molecule has 7 heteroatoms. The minimum atomic E-state index is -0.285. The molecule has 112 valence electrons. The van der Waals surface area contributed by atoms with E-state index in [4.69, 9.17) is 0 Å². The number of hydrogen-bond acceptors (Lipinski definition) is 5. The van der Waals surface area contributed by atoms with E-state index in [9.17, 15) is 4.39 Å². The van der Waals surface area contributed by atoms with Gasteiger partial charge in [-0.15, -0.1) is 10.2 Å². The quantitative estimate of drug-likeness (QED) is 0.596. The maximum atomic E-state index is 12.9. The first-order chi connectivity index (χ1) is 10.5. The zero-order valence-corrected chi connectivity index (χ0v) is 12.5. The highest BCUT2D eigenvalue weighted by Crippen LogP contribution is 2.11. The van der Waals surface area contributed by atoms with Crippen molar-refractivity contribution in [1.82, 2.24) is 19.8 Å². The van der Waals surface area contributed by atoms with Crippen molar-refractivity contribution in [3.63, 3.8) is 0 Å². The van der Waals surface area contributed by atoms with Crippen LogP contribution in [0.25, 0.3) is 5.65 Å². The Kier molecular flexibility index (Phi) is 3.54. The summed E-state index contributed by atoms with van der Waals surface area (Å²) in [6.07, 6.45) is 0. The Balaban J connectivity index is 1.90. The van der Waals surface area contributed by atoms with Gasteiger partial charge in [-0.1, -0.05) is 0 Å². The Hall–Kier alpha value is -2.83. The lowest BCUT2D eigenvalue weighted by Gasteiger charge is -2.06. The third kappa shape index (κ3) is 2.65. The Morgan fingerprint density at radius 3 is 2.64 bits per heavy atom. The minimum Gasteiger partial charge on any atom is -0.278 e. The lowest BCUT2D eigenvalue weighted by atomic mass is 10.2. The molecule has 0 atom stereocenters. The summed E-state index contributed by atoms with van der Waals surface area (Å²) in [5, 5.41) is 17.0. The summed E-state index contributed by atoms with van der Waals surface area (Å²) in [4.78, 5) is 0. The smallest absolute Gasteiger partial charge is 0.177 e. The lowest BCUT2D eigenvalue weighted by Crippen LogP contribution is -2.11. The van der Waals surface area contributed by atoms with E-state index in [1.807, 2.05) is 26.8 Å². The minimum absolute atomic E-state index is 0.285. The van der Waals surface area contributed by atoms with Gasteiger partial charge in [0.2, 0.25) is 0 Å². The van der Waals surface area contributed by atoms with Crippen molar-refractivity contribution in [2.24, 2.45) is 5.10 Å². The molecule has 0 aliphatic heterocycles. The van der Waals surface area contributed by atoms with Gasteiger partial charge in [0, 0.05) is 6.07 Å². The topological polar surface area (TPSA) is 67.5 Å². The van der Waals surface area contributed by atoms with Gasteiger partial charge in [0.15, 0.2) is 5.65 Å². The van der Waals surface area contributed by atoms with Crippen LogP contribution in [0.4, 0.5) is 10.1 Å². The van der Waals surface area contributed by atoms with E-state index in [-0.39, 0.29) is 5.82 Å². The zero-order valence-electron chi connectivity index (χ0n) is 12.5. The van der Waals surface area contributed by atoms with Gasteiger partial charge in [0.05, 0.1) is 22.8 Å². The third-order valence-corrected chi connectivity index (χ3v) is 3.27. The monoisotopic (exact) mass is 298 g/mol. The molecule has 2 aromatic heterocycles. The molecule has 0 saturated carbocycles. The first kappa shape index (κ1) is 14.1. The number of benzene rings is 1. The molecule has 2 heterocycles. The first-order valence-corrected chi connectivity index (χ1v) is 6.80. The highest BCUT2D eigenvalue weighted by Gasteiger charge is 2.11. The maximum Gasteiger partial charge on any atom is 0.177 e. The second kappa shape index (κ2) is 5.51. The van der Waals surface area contributed by atoms with Crippen LogP contribution in [-0.4, -0.2) is 25.5 Å². The molecule has 0 bridgehead atoms. The molecule has 0 radical (unpaired) electrons. The van der Waals surface area contributed by atoms with Gasteiger partial charge in [0.1, 0.15) is 11.5 Å². The van der Waals surface area contributed by atoms with Crippen LogP contribution in [0.15, 0.2) is 35.4 Å². The number of hydrazone groups is 1. The van der Waals surface area contributed by atoms with Crippen LogP contribution >= 0.6 is 0 Å². The number of fused-ring (bicyclic) bond motifs is 1. The second-order valence-electron chi connectivity index (χ2n) is 5.01. The summed E-state index contributed by atoms with van der Waals surface area (Å²) < 4.78 is 14.6. The molecule has 1 aromatic carbocycles. The standard InChI is InChI=1S/C15H15FN6/c1-9-8-14-19-20-15(11(3)22(14)21-9)10(2)17-18-13-6-4-12(16)5-7-13/h4-8,18H,1-3H3/b17-10+. The fraction of sp³-hybridized carbons (Fsp3) is 0.200. The van der Waals surface area contributed by atoms with Crippen molar-refractivity contribution in [3.8, 4) is 0 Å². The highest BCUT2D eigenvalue weighted by atomic mass is 19.1. The highest BCUT2D eigenvalue weighted by molar-refractivity contribution is 5.98. The van der Waals surface area contributed by atoms with Gasteiger partial charge in [0.25, 0.3) is 0 Å². The van der Waals surface area contributed by atoms with Crippen LogP contribution in [0.3, 0.4) is 0 Å². The van der Waals surface area contributed by atoms with E-state index >= 15 is 0 Å². The van der Waals surface area contributed by atoms with Crippen molar-refractivity contribution in [2.45, 2.75) is 20.8 Å². The molecule has 0 aliphatic rings.